The van der Waals surface area contributed by atoms with Crippen LogP contribution in [0.3, 0.4) is 0 Å². The van der Waals surface area contributed by atoms with Crippen molar-refractivity contribution in [3.05, 3.63) is 63.4 Å². The largest absolute Gasteiger partial charge is 0.390 e. The maximum Gasteiger partial charge on any atom is 0.238 e. The summed E-state index contributed by atoms with van der Waals surface area (Å²) in [6, 6.07) is 8.94. The second-order valence-corrected chi connectivity index (χ2v) is 11.7. The third-order valence-corrected chi connectivity index (χ3v) is 8.53. The first-order valence-corrected chi connectivity index (χ1v) is 12.3. The highest BCUT2D eigenvalue weighted by Crippen LogP contribution is 2.53. The van der Waals surface area contributed by atoms with Gasteiger partial charge in [0.2, 0.25) is 12.3 Å². The first-order valence-electron chi connectivity index (χ1n) is 10.4. The third kappa shape index (κ3) is 4.73. The molecular formula is C23H23Cl2FIN3O3. The molecule has 0 spiro atoms. The minimum Gasteiger partial charge on any atom is -0.390 e. The van der Waals surface area contributed by atoms with Gasteiger partial charge in [-0.3, -0.25) is 9.59 Å². The molecule has 33 heavy (non-hydrogen) atoms. The number of carbonyl (C=O) groups is 2. The van der Waals surface area contributed by atoms with Crippen LogP contribution in [0.15, 0.2) is 36.4 Å². The number of carbonyl (C=O) groups excluding carboxylic acids is 2. The summed E-state index contributed by atoms with van der Waals surface area (Å²) in [6.07, 6.45) is 1.47. The molecule has 2 aromatic carbocycles. The van der Waals surface area contributed by atoms with Crippen molar-refractivity contribution in [3.8, 4) is 0 Å². The quantitative estimate of drug-likeness (QED) is 0.227. The molecule has 4 rings (SSSR count). The standard InChI is InChI=1S/C23H23Cl2FIN3O3/c1-22(33)8-13(9-22)30-21(32)20-18(14-3-2-4-16(25)19(14)26)23(27,10-28-20)15-6-5-12(24)7-17(15)29-11-31/h2-7,11,13,18,20,28,33H,8-10H2,1H3,(H,29,31)(H,30,32)/t13-,18-,20+,22-,23+/m0/s1. The fraction of sp³-hybridized carbons (Fsp3) is 0.391. The number of hydrogen-bond donors (Lipinski definition) is 4. The molecule has 176 valence electrons. The zero-order chi connectivity index (χ0) is 24.0. The Morgan fingerprint density at radius 3 is 2.70 bits per heavy atom. The Bertz CT molecular complexity index is 1090. The first-order chi connectivity index (χ1) is 15.6. The average Bonchev–Trinajstić information content (AvgIpc) is 3.07. The SMILES string of the molecule is C[C@]1(O)C[C@H](NC(=O)[C@@H]2NC[C@@](I)(c3ccc(Cl)cc3NC=O)[C@H]2c2cccc(Cl)c2F)C1. The Morgan fingerprint density at radius 2 is 2.03 bits per heavy atom. The molecule has 3 atom stereocenters. The molecule has 1 saturated heterocycles. The number of anilines is 1. The lowest BCUT2D eigenvalue weighted by molar-refractivity contribution is -0.127. The second-order valence-electron chi connectivity index (χ2n) is 8.90. The minimum absolute atomic E-state index is 0.0327. The number of amides is 2. The van der Waals surface area contributed by atoms with Crippen molar-refractivity contribution >= 4 is 63.8 Å². The lowest BCUT2D eigenvalue weighted by atomic mass is 9.76. The highest BCUT2D eigenvalue weighted by molar-refractivity contribution is 14.1. The summed E-state index contributed by atoms with van der Waals surface area (Å²) in [5, 5.41) is 19.3. The molecule has 0 aromatic heterocycles. The molecule has 4 N–H and O–H groups in total. The zero-order valence-corrected chi connectivity index (χ0v) is 21.3. The molecule has 0 bridgehead atoms. The van der Waals surface area contributed by atoms with Gasteiger partial charge < -0.3 is 21.1 Å². The van der Waals surface area contributed by atoms with Gasteiger partial charge in [-0.25, -0.2) is 4.39 Å². The number of alkyl halides is 1. The highest BCUT2D eigenvalue weighted by atomic mass is 127. The van der Waals surface area contributed by atoms with Crippen LogP contribution in [0, 0.1) is 5.82 Å². The van der Waals surface area contributed by atoms with Crippen LogP contribution >= 0.6 is 45.8 Å². The van der Waals surface area contributed by atoms with Crippen LogP contribution in [0.5, 0.6) is 0 Å². The van der Waals surface area contributed by atoms with Crippen molar-refractivity contribution < 1.29 is 19.1 Å². The fourth-order valence-electron chi connectivity index (χ4n) is 4.90. The lowest BCUT2D eigenvalue weighted by Crippen LogP contribution is -2.57. The molecule has 10 heteroatoms. The van der Waals surface area contributed by atoms with E-state index in [4.69, 9.17) is 23.2 Å². The van der Waals surface area contributed by atoms with Crippen LogP contribution in [0.25, 0.3) is 0 Å². The van der Waals surface area contributed by atoms with Crippen LogP contribution in [0.1, 0.15) is 36.8 Å². The van der Waals surface area contributed by atoms with Crippen LogP contribution in [0.4, 0.5) is 10.1 Å². The van der Waals surface area contributed by atoms with Crippen molar-refractivity contribution in [2.24, 2.45) is 0 Å². The molecule has 2 amide bonds. The lowest BCUT2D eigenvalue weighted by Gasteiger charge is -2.42. The Hall–Kier alpha value is -1.46. The minimum atomic E-state index is -0.813. The zero-order valence-electron chi connectivity index (χ0n) is 17.7. The van der Waals surface area contributed by atoms with Gasteiger partial charge in [-0.05, 0) is 49.1 Å². The normalized spacial score (nSPS) is 31.0. The topological polar surface area (TPSA) is 90.5 Å². The molecule has 2 aromatic rings. The van der Waals surface area contributed by atoms with Crippen molar-refractivity contribution in [2.75, 3.05) is 11.9 Å². The number of benzene rings is 2. The maximum absolute atomic E-state index is 15.3. The van der Waals surface area contributed by atoms with Crippen LogP contribution < -0.4 is 16.0 Å². The van der Waals surface area contributed by atoms with Crippen LogP contribution in [-0.2, 0) is 13.0 Å². The van der Waals surface area contributed by atoms with Crippen molar-refractivity contribution in [1.29, 1.82) is 0 Å². The predicted octanol–water partition coefficient (Wildman–Crippen LogP) is 4.12. The Kier molecular flexibility index (Phi) is 6.95. The fourth-order valence-corrected chi connectivity index (χ4v) is 6.64. The molecular weight excluding hydrogens is 583 g/mol. The van der Waals surface area contributed by atoms with E-state index in [1.807, 2.05) is 0 Å². The summed E-state index contributed by atoms with van der Waals surface area (Å²) in [7, 11) is 0. The molecule has 1 saturated carbocycles. The number of halogens is 4. The molecule has 1 heterocycles. The Balaban J connectivity index is 1.77. The third-order valence-electron chi connectivity index (χ3n) is 6.37. The van der Waals surface area contributed by atoms with Gasteiger partial charge in [-0.2, -0.15) is 0 Å². The summed E-state index contributed by atoms with van der Waals surface area (Å²) < 4.78 is 14.5. The molecule has 0 radical (unpaired) electrons. The van der Waals surface area contributed by atoms with Gasteiger partial charge in [-0.1, -0.05) is 64.0 Å². The Labute approximate surface area is 214 Å². The number of rotatable bonds is 6. The van der Waals surface area contributed by atoms with E-state index < -0.39 is 26.8 Å². The molecule has 2 aliphatic rings. The van der Waals surface area contributed by atoms with Gasteiger partial charge in [0.05, 0.1) is 20.1 Å². The summed E-state index contributed by atoms with van der Waals surface area (Å²) in [6.45, 7) is 2.06. The smallest absolute Gasteiger partial charge is 0.238 e. The molecule has 1 aliphatic heterocycles. The van der Waals surface area contributed by atoms with Gasteiger partial charge in [0, 0.05) is 29.2 Å². The van der Waals surface area contributed by atoms with Gasteiger partial charge in [0.25, 0.3) is 0 Å². The van der Waals surface area contributed by atoms with Crippen molar-refractivity contribution in [1.82, 2.24) is 10.6 Å². The molecule has 0 unspecified atom stereocenters. The van der Waals surface area contributed by atoms with E-state index >= 15 is 4.39 Å². The predicted molar refractivity (Wildman–Crippen MR) is 135 cm³/mol. The summed E-state index contributed by atoms with van der Waals surface area (Å²) in [4.78, 5) is 24.6. The van der Waals surface area contributed by atoms with Gasteiger partial charge >= 0.3 is 0 Å². The number of nitrogens with one attached hydrogen (secondary N) is 3. The average molecular weight is 606 g/mol. The van der Waals surface area contributed by atoms with Gasteiger partial charge in [0.1, 0.15) is 5.82 Å². The Morgan fingerprint density at radius 1 is 1.30 bits per heavy atom. The van der Waals surface area contributed by atoms with E-state index in [-0.39, 0.29) is 17.0 Å². The van der Waals surface area contributed by atoms with E-state index in [9.17, 15) is 14.7 Å². The van der Waals surface area contributed by atoms with Gasteiger partial charge in [0.15, 0.2) is 0 Å². The van der Waals surface area contributed by atoms with E-state index in [1.54, 1.807) is 37.3 Å². The second kappa shape index (κ2) is 9.30. The summed E-state index contributed by atoms with van der Waals surface area (Å²) >= 11 is 14.5. The molecule has 2 fully saturated rings. The van der Waals surface area contributed by atoms with Crippen molar-refractivity contribution in [2.45, 2.75) is 46.8 Å². The highest BCUT2D eigenvalue weighted by Gasteiger charge is 2.53. The van der Waals surface area contributed by atoms with Crippen LogP contribution in [0.2, 0.25) is 10.0 Å². The molecule has 1 aliphatic carbocycles. The van der Waals surface area contributed by atoms with E-state index in [2.05, 4.69) is 38.5 Å². The van der Waals surface area contributed by atoms with Crippen molar-refractivity contribution in [3.63, 3.8) is 0 Å². The maximum atomic E-state index is 15.3. The summed E-state index contributed by atoms with van der Waals surface area (Å²) in [5.74, 6) is -1.51. The van der Waals surface area contributed by atoms with Gasteiger partial charge in [-0.15, -0.1) is 0 Å². The monoisotopic (exact) mass is 605 g/mol. The number of hydrogen-bond acceptors (Lipinski definition) is 4. The first kappa shape index (κ1) is 24.7. The van der Waals surface area contributed by atoms with Crippen LogP contribution in [-0.4, -0.2) is 41.7 Å². The number of aliphatic hydroxyl groups is 1. The van der Waals surface area contributed by atoms with E-state index in [1.165, 1.54) is 6.07 Å². The van der Waals surface area contributed by atoms with E-state index in [0.29, 0.717) is 47.6 Å². The molecule has 6 nitrogen and oxygen atoms in total. The van der Waals surface area contributed by atoms with E-state index in [0.717, 1.165) is 0 Å². The summed E-state index contributed by atoms with van der Waals surface area (Å²) in [5.41, 5.74) is 0.705.